The lowest BCUT2D eigenvalue weighted by Gasteiger charge is -2.64. The Bertz CT molecular complexity index is 1540. The van der Waals surface area contributed by atoms with Gasteiger partial charge >= 0.3 is 0 Å². The quantitative estimate of drug-likeness (QED) is 0.0735. The van der Waals surface area contributed by atoms with Gasteiger partial charge in [-0.25, -0.2) is 0 Å². The molecule has 286 valence electrons. The molecule has 4 saturated carbocycles. The summed E-state index contributed by atoms with van der Waals surface area (Å²) in [6.45, 7) is 7.31. The van der Waals surface area contributed by atoms with Crippen molar-refractivity contribution in [2.24, 2.45) is 40.4 Å². The van der Waals surface area contributed by atoms with Crippen LogP contribution in [0, 0.1) is 40.4 Å². The Hall–Kier alpha value is -2.91. The molecule has 0 amide bonds. The molecule has 0 spiro atoms. The van der Waals surface area contributed by atoms with E-state index in [0.717, 1.165) is 48.7 Å². The van der Waals surface area contributed by atoms with Crippen molar-refractivity contribution in [2.45, 2.75) is 110 Å². The normalized spacial score (nSPS) is 33.5. The Morgan fingerprint density at radius 1 is 0.585 bits per heavy atom. The maximum atomic E-state index is 11.5. The smallest absolute Gasteiger partial charge is 0.147 e. The molecule has 0 heterocycles. The van der Waals surface area contributed by atoms with E-state index in [0.29, 0.717) is 49.9 Å². The van der Waals surface area contributed by atoms with Crippen molar-refractivity contribution >= 4 is 6.29 Å². The maximum absolute atomic E-state index is 11.5. The fraction of sp³-hybridized carbons (Fsp3) is 0.587. The third-order valence-electron chi connectivity index (χ3n) is 13.9. The number of aldehydes is 1. The Labute approximate surface area is 317 Å². The molecule has 3 aromatic rings. The van der Waals surface area contributed by atoms with Crippen molar-refractivity contribution in [1.29, 1.82) is 0 Å². The highest BCUT2D eigenvalue weighted by Crippen LogP contribution is 2.68. The minimum absolute atomic E-state index is 0.0488. The molecule has 0 unspecified atom stereocenters. The lowest BCUT2D eigenvalue weighted by atomic mass is 9.43. The molecule has 0 bridgehead atoms. The van der Waals surface area contributed by atoms with Crippen LogP contribution in [0.2, 0.25) is 0 Å². The van der Waals surface area contributed by atoms with Crippen LogP contribution >= 0.6 is 0 Å². The second-order valence-electron chi connectivity index (χ2n) is 16.6. The molecular weight excluding hydrogens is 664 g/mol. The van der Waals surface area contributed by atoms with Crippen LogP contribution in [0.15, 0.2) is 91.0 Å². The van der Waals surface area contributed by atoms with E-state index in [2.05, 4.69) is 50.2 Å². The number of carbonyl (C=O) groups is 1. The fourth-order valence-electron chi connectivity index (χ4n) is 11.2. The largest absolute Gasteiger partial charge is 0.352 e. The SMILES string of the molecule is C[C@]12CC[C@@H](OCOCc3ccccc3)[C@H](OCOCc3ccccc3)[C@@H]1C[C@@H](OCOCc1ccccc1)[C@@H]1[C@@H]2CC[C@]2(C)[C@@H](CCC=O)CC[C@@H]12. The number of fused-ring (bicyclic) bond motifs is 5. The maximum Gasteiger partial charge on any atom is 0.147 e. The molecule has 10 atom stereocenters. The molecule has 0 saturated heterocycles. The van der Waals surface area contributed by atoms with Gasteiger partial charge in [-0.3, -0.25) is 0 Å². The summed E-state index contributed by atoms with van der Waals surface area (Å²) in [5.74, 6) is 2.35. The topological polar surface area (TPSA) is 72.5 Å². The highest BCUT2D eigenvalue weighted by atomic mass is 16.7. The van der Waals surface area contributed by atoms with E-state index in [1.165, 1.54) is 25.7 Å². The molecule has 3 aromatic carbocycles. The molecule has 4 aliphatic rings. The predicted molar refractivity (Wildman–Crippen MR) is 204 cm³/mol. The van der Waals surface area contributed by atoms with Crippen LogP contribution in [0.25, 0.3) is 0 Å². The summed E-state index contributed by atoms with van der Waals surface area (Å²) >= 11 is 0. The van der Waals surface area contributed by atoms with E-state index >= 15 is 0 Å². The molecule has 0 aromatic heterocycles. The number of ether oxygens (including phenoxy) is 6. The van der Waals surface area contributed by atoms with Gasteiger partial charge in [-0.15, -0.1) is 0 Å². The molecule has 7 nitrogen and oxygen atoms in total. The summed E-state index contributed by atoms with van der Waals surface area (Å²) in [5, 5.41) is 0. The standard InChI is InChI=1S/C46H60O7/c1-45-24-22-39-43(38(45)21-20-37(45)19-12-26-47)42(52-32-49-29-35-15-8-4-9-16-35)27-40-44(53-33-50-30-36-17-10-5-11-18-36)41(23-25-46(39,40)2)51-31-48-28-34-13-6-3-7-14-34/h3-11,13-18,26,37-44H,12,19-25,27-33H2,1-2H3/t37-,38-,39-,40-,41+,42+,43-,44+,45+,46+/m0/s1. The number of hydrogen-bond donors (Lipinski definition) is 0. The van der Waals surface area contributed by atoms with Crippen LogP contribution in [-0.4, -0.2) is 45.0 Å². The third-order valence-corrected chi connectivity index (χ3v) is 13.9. The zero-order valence-electron chi connectivity index (χ0n) is 31.8. The monoisotopic (exact) mass is 724 g/mol. The molecule has 0 radical (unpaired) electrons. The molecule has 0 N–H and O–H groups in total. The van der Waals surface area contributed by atoms with Crippen molar-refractivity contribution in [2.75, 3.05) is 20.4 Å². The Morgan fingerprint density at radius 3 is 1.66 bits per heavy atom. The third kappa shape index (κ3) is 8.82. The van der Waals surface area contributed by atoms with E-state index in [9.17, 15) is 4.79 Å². The highest BCUT2D eigenvalue weighted by Gasteiger charge is 2.64. The highest BCUT2D eigenvalue weighted by molar-refractivity contribution is 5.49. The van der Waals surface area contributed by atoms with Crippen molar-refractivity contribution in [3.05, 3.63) is 108 Å². The number of benzene rings is 3. The van der Waals surface area contributed by atoms with Gasteiger partial charge in [0.2, 0.25) is 0 Å². The van der Waals surface area contributed by atoms with Gasteiger partial charge in [0.15, 0.2) is 0 Å². The summed E-state index contributed by atoms with van der Waals surface area (Å²) in [4.78, 5) is 11.5. The first kappa shape index (κ1) is 38.4. The van der Waals surface area contributed by atoms with Gasteiger partial charge in [-0.2, -0.15) is 0 Å². The van der Waals surface area contributed by atoms with Crippen LogP contribution < -0.4 is 0 Å². The average molecular weight is 725 g/mol. The lowest BCUT2D eigenvalue weighted by Crippen LogP contribution is -2.63. The van der Waals surface area contributed by atoms with Crippen LogP contribution in [0.1, 0.15) is 88.3 Å². The zero-order valence-corrected chi connectivity index (χ0v) is 31.8. The Balaban J connectivity index is 1.10. The first-order valence-corrected chi connectivity index (χ1v) is 20.1. The summed E-state index contributed by atoms with van der Waals surface area (Å²) in [5.41, 5.74) is 3.72. The second-order valence-corrected chi connectivity index (χ2v) is 16.6. The Kier molecular flexibility index (Phi) is 13.1. The van der Waals surface area contributed by atoms with Crippen LogP contribution in [0.5, 0.6) is 0 Å². The molecular formula is C46H60O7. The fourth-order valence-corrected chi connectivity index (χ4v) is 11.2. The number of rotatable bonds is 18. The predicted octanol–water partition coefficient (Wildman–Crippen LogP) is 9.52. The summed E-state index contributed by atoms with van der Waals surface area (Å²) in [6.07, 6.45) is 10.3. The van der Waals surface area contributed by atoms with Crippen LogP contribution in [0.4, 0.5) is 0 Å². The number of carbonyl (C=O) groups excluding carboxylic acids is 1. The summed E-state index contributed by atoms with van der Waals surface area (Å²) in [7, 11) is 0. The molecule has 53 heavy (non-hydrogen) atoms. The minimum atomic E-state index is -0.153. The summed E-state index contributed by atoms with van der Waals surface area (Å²) < 4.78 is 38.7. The van der Waals surface area contributed by atoms with Crippen molar-refractivity contribution < 1.29 is 33.2 Å². The van der Waals surface area contributed by atoms with Gasteiger partial charge in [-0.05, 0) is 108 Å². The van der Waals surface area contributed by atoms with Gasteiger partial charge < -0.3 is 33.2 Å². The second kappa shape index (κ2) is 18.1. The van der Waals surface area contributed by atoms with E-state index in [4.69, 9.17) is 28.4 Å². The van der Waals surface area contributed by atoms with Crippen LogP contribution in [-0.2, 0) is 53.0 Å². The van der Waals surface area contributed by atoms with E-state index in [1.54, 1.807) is 0 Å². The van der Waals surface area contributed by atoms with Gasteiger partial charge in [0.25, 0.3) is 0 Å². The molecule has 7 rings (SSSR count). The summed E-state index contributed by atoms with van der Waals surface area (Å²) in [6, 6.07) is 30.8. The van der Waals surface area contributed by atoms with E-state index < -0.39 is 0 Å². The van der Waals surface area contributed by atoms with E-state index in [1.807, 2.05) is 54.6 Å². The average Bonchev–Trinajstić information content (AvgIpc) is 3.53. The van der Waals surface area contributed by atoms with Crippen LogP contribution in [0.3, 0.4) is 0 Å². The molecule has 4 aliphatic carbocycles. The van der Waals surface area contributed by atoms with Gasteiger partial charge in [0.1, 0.15) is 26.7 Å². The van der Waals surface area contributed by atoms with Gasteiger partial charge in [0.05, 0.1) is 38.1 Å². The molecule has 7 heteroatoms. The molecule has 0 aliphatic heterocycles. The van der Waals surface area contributed by atoms with Crippen molar-refractivity contribution in [3.63, 3.8) is 0 Å². The zero-order chi connectivity index (χ0) is 36.5. The van der Waals surface area contributed by atoms with E-state index in [-0.39, 0.29) is 55.4 Å². The minimum Gasteiger partial charge on any atom is -0.352 e. The van der Waals surface area contributed by atoms with Gasteiger partial charge in [0, 0.05) is 6.42 Å². The number of hydrogen-bond acceptors (Lipinski definition) is 7. The first-order valence-electron chi connectivity index (χ1n) is 20.1. The first-order chi connectivity index (χ1) is 26.0. The van der Waals surface area contributed by atoms with Crippen molar-refractivity contribution in [1.82, 2.24) is 0 Å². The van der Waals surface area contributed by atoms with Crippen molar-refractivity contribution in [3.8, 4) is 0 Å². The Morgan fingerprint density at radius 2 is 1.09 bits per heavy atom. The molecule has 4 fully saturated rings. The van der Waals surface area contributed by atoms with Gasteiger partial charge in [-0.1, -0.05) is 105 Å². The lowest BCUT2D eigenvalue weighted by molar-refractivity contribution is -0.263.